The molecule has 1 heteroatoms. The zero-order valence-corrected chi connectivity index (χ0v) is 8.55. The van der Waals surface area contributed by atoms with E-state index in [0.29, 0.717) is 5.92 Å². The molecule has 0 bridgehead atoms. The molecule has 0 saturated heterocycles. The largest absolute Gasteiger partial charge is 0.493 e. The summed E-state index contributed by atoms with van der Waals surface area (Å²) in [6, 6.07) is 4.48. The average Bonchev–Trinajstić information content (AvgIpc) is 2.51. The molecular weight excluding hydrogens is 160 g/mol. The number of hydrogen-bond donors (Lipinski definition) is 0. The van der Waals surface area contributed by atoms with Crippen LogP contribution in [0.4, 0.5) is 0 Å². The summed E-state index contributed by atoms with van der Waals surface area (Å²) in [5, 5.41) is 0. The summed E-state index contributed by atoms with van der Waals surface area (Å²) in [6.45, 7) is 7.48. The van der Waals surface area contributed by atoms with E-state index in [0.717, 1.165) is 18.8 Å². The van der Waals surface area contributed by atoms with E-state index in [4.69, 9.17) is 4.74 Å². The van der Waals surface area contributed by atoms with Gasteiger partial charge in [0.05, 0.1) is 6.61 Å². The van der Waals surface area contributed by atoms with Gasteiger partial charge in [0.15, 0.2) is 0 Å². The zero-order chi connectivity index (χ0) is 9.42. The van der Waals surface area contributed by atoms with Crippen molar-refractivity contribution in [2.24, 2.45) is 0 Å². The van der Waals surface area contributed by atoms with Gasteiger partial charge in [-0.15, -0.1) is 0 Å². The van der Waals surface area contributed by atoms with Crippen molar-refractivity contribution < 1.29 is 4.74 Å². The van der Waals surface area contributed by atoms with Gasteiger partial charge in [-0.2, -0.15) is 0 Å². The normalized spacial score (nSPS) is 14.5. The van der Waals surface area contributed by atoms with Gasteiger partial charge in [0.2, 0.25) is 0 Å². The van der Waals surface area contributed by atoms with Crippen LogP contribution in [0.2, 0.25) is 0 Å². The van der Waals surface area contributed by atoms with Crippen LogP contribution in [0.25, 0.3) is 0 Å². The Balaban J connectivity index is 2.49. The summed E-state index contributed by atoms with van der Waals surface area (Å²) in [4.78, 5) is 0. The molecule has 0 unspecified atom stereocenters. The highest BCUT2D eigenvalue weighted by Crippen LogP contribution is 2.31. The highest BCUT2D eigenvalue weighted by molar-refractivity contribution is 5.46. The molecule has 0 amide bonds. The maximum Gasteiger partial charge on any atom is 0.123 e. The second-order valence-corrected chi connectivity index (χ2v) is 4.07. The fourth-order valence-corrected chi connectivity index (χ4v) is 1.86. The van der Waals surface area contributed by atoms with Crippen molar-refractivity contribution in [3.05, 3.63) is 28.8 Å². The maximum atomic E-state index is 5.57. The molecule has 70 valence electrons. The van der Waals surface area contributed by atoms with Gasteiger partial charge in [0.25, 0.3) is 0 Å². The third kappa shape index (κ3) is 1.43. The molecule has 1 aromatic carbocycles. The van der Waals surface area contributed by atoms with Crippen molar-refractivity contribution in [3.63, 3.8) is 0 Å². The summed E-state index contributed by atoms with van der Waals surface area (Å²) in [5.74, 6) is 1.71. The van der Waals surface area contributed by atoms with Gasteiger partial charge < -0.3 is 4.74 Å². The number of benzene rings is 1. The lowest BCUT2D eigenvalue weighted by atomic mass is 9.97. The first-order valence-corrected chi connectivity index (χ1v) is 4.94. The van der Waals surface area contributed by atoms with E-state index < -0.39 is 0 Å². The highest BCUT2D eigenvalue weighted by atomic mass is 16.5. The third-order valence-electron chi connectivity index (χ3n) is 2.73. The van der Waals surface area contributed by atoms with Gasteiger partial charge in [-0.1, -0.05) is 19.9 Å². The summed E-state index contributed by atoms with van der Waals surface area (Å²) in [7, 11) is 0. The second-order valence-electron chi connectivity index (χ2n) is 4.07. The van der Waals surface area contributed by atoms with Gasteiger partial charge in [-0.05, 0) is 30.0 Å². The monoisotopic (exact) mass is 176 g/mol. The Kier molecular flexibility index (Phi) is 2.03. The zero-order valence-electron chi connectivity index (χ0n) is 8.55. The van der Waals surface area contributed by atoms with Gasteiger partial charge in [-0.25, -0.2) is 0 Å². The van der Waals surface area contributed by atoms with Crippen LogP contribution in [0.1, 0.15) is 36.5 Å². The van der Waals surface area contributed by atoms with Gasteiger partial charge in [0, 0.05) is 12.0 Å². The second kappa shape index (κ2) is 3.06. The lowest BCUT2D eigenvalue weighted by Crippen LogP contribution is -1.91. The quantitative estimate of drug-likeness (QED) is 0.639. The fourth-order valence-electron chi connectivity index (χ4n) is 1.86. The molecule has 2 rings (SSSR count). The van der Waals surface area contributed by atoms with Crippen LogP contribution in [0, 0.1) is 6.92 Å². The summed E-state index contributed by atoms with van der Waals surface area (Å²) < 4.78 is 5.57. The number of aryl methyl sites for hydroxylation is 1. The first kappa shape index (κ1) is 8.61. The first-order valence-electron chi connectivity index (χ1n) is 4.94. The van der Waals surface area contributed by atoms with E-state index in [1.807, 2.05) is 0 Å². The molecule has 1 aliphatic rings. The molecule has 0 N–H and O–H groups in total. The molecule has 0 fully saturated rings. The minimum Gasteiger partial charge on any atom is -0.493 e. The van der Waals surface area contributed by atoms with Crippen LogP contribution in [-0.4, -0.2) is 6.61 Å². The predicted octanol–water partition coefficient (Wildman–Crippen LogP) is 3.05. The number of ether oxygens (including phenoxy) is 1. The Hall–Kier alpha value is -0.980. The summed E-state index contributed by atoms with van der Waals surface area (Å²) in [5.41, 5.74) is 4.18. The van der Waals surface area contributed by atoms with E-state index in [9.17, 15) is 0 Å². The van der Waals surface area contributed by atoms with Crippen LogP contribution < -0.4 is 4.74 Å². The highest BCUT2D eigenvalue weighted by Gasteiger charge is 2.15. The fraction of sp³-hybridized carbons (Fsp3) is 0.500. The lowest BCUT2D eigenvalue weighted by molar-refractivity contribution is 0.356. The maximum absolute atomic E-state index is 5.57. The number of hydrogen-bond acceptors (Lipinski definition) is 1. The van der Waals surface area contributed by atoms with Gasteiger partial charge >= 0.3 is 0 Å². The van der Waals surface area contributed by atoms with Gasteiger partial charge in [0.1, 0.15) is 5.75 Å². The van der Waals surface area contributed by atoms with E-state index in [-0.39, 0.29) is 0 Å². The van der Waals surface area contributed by atoms with Crippen molar-refractivity contribution in [2.75, 3.05) is 6.61 Å². The van der Waals surface area contributed by atoms with E-state index in [1.54, 1.807) is 0 Å². The number of fused-ring (bicyclic) bond motifs is 1. The van der Waals surface area contributed by atoms with Crippen LogP contribution in [-0.2, 0) is 6.42 Å². The minimum atomic E-state index is 0.591. The minimum absolute atomic E-state index is 0.591. The van der Waals surface area contributed by atoms with Crippen LogP contribution >= 0.6 is 0 Å². The molecule has 0 saturated carbocycles. The Morgan fingerprint density at radius 3 is 2.77 bits per heavy atom. The van der Waals surface area contributed by atoms with Crippen LogP contribution in [0.5, 0.6) is 5.75 Å². The Labute approximate surface area is 79.7 Å². The predicted molar refractivity (Wildman–Crippen MR) is 54.5 cm³/mol. The SMILES string of the molecule is Cc1cc(C(C)C)cc2c1CCO2. The molecule has 0 radical (unpaired) electrons. The van der Waals surface area contributed by atoms with Gasteiger partial charge in [-0.3, -0.25) is 0 Å². The summed E-state index contributed by atoms with van der Waals surface area (Å²) >= 11 is 0. The Morgan fingerprint density at radius 1 is 1.31 bits per heavy atom. The topological polar surface area (TPSA) is 9.23 Å². The smallest absolute Gasteiger partial charge is 0.123 e. The molecule has 0 spiro atoms. The van der Waals surface area contributed by atoms with Crippen molar-refractivity contribution >= 4 is 0 Å². The Morgan fingerprint density at radius 2 is 2.08 bits per heavy atom. The molecule has 13 heavy (non-hydrogen) atoms. The molecule has 1 aromatic rings. The molecule has 0 aromatic heterocycles. The van der Waals surface area contributed by atoms with Crippen LogP contribution in [0.15, 0.2) is 12.1 Å². The molecule has 1 heterocycles. The first-order chi connectivity index (χ1) is 6.18. The molecular formula is C12H16O. The van der Waals surface area contributed by atoms with Crippen molar-refractivity contribution in [1.29, 1.82) is 0 Å². The van der Waals surface area contributed by atoms with Crippen molar-refractivity contribution in [2.45, 2.75) is 33.1 Å². The Bertz CT molecular complexity index is 326. The van der Waals surface area contributed by atoms with Crippen molar-refractivity contribution in [1.82, 2.24) is 0 Å². The number of rotatable bonds is 1. The molecule has 0 atom stereocenters. The average molecular weight is 176 g/mol. The molecule has 0 aliphatic carbocycles. The third-order valence-corrected chi connectivity index (χ3v) is 2.73. The summed E-state index contributed by atoms with van der Waals surface area (Å²) in [6.07, 6.45) is 1.08. The molecule has 1 aliphatic heterocycles. The standard InChI is InChI=1S/C12H16O/c1-8(2)10-6-9(3)11-4-5-13-12(11)7-10/h6-8H,4-5H2,1-3H3. The van der Waals surface area contributed by atoms with Crippen LogP contribution in [0.3, 0.4) is 0 Å². The lowest BCUT2D eigenvalue weighted by Gasteiger charge is -2.10. The van der Waals surface area contributed by atoms with E-state index >= 15 is 0 Å². The van der Waals surface area contributed by atoms with E-state index in [2.05, 4.69) is 32.9 Å². The van der Waals surface area contributed by atoms with E-state index in [1.165, 1.54) is 16.7 Å². The molecule has 1 nitrogen and oxygen atoms in total. The van der Waals surface area contributed by atoms with Crippen molar-refractivity contribution in [3.8, 4) is 5.75 Å².